The summed E-state index contributed by atoms with van der Waals surface area (Å²) >= 11 is 0. The zero-order valence-corrected chi connectivity index (χ0v) is 39.5. The Balaban J connectivity index is 0.949. The van der Waals surface area contributed by atoms with Crippen molar-refractivity contribution in [3.63, 3.8) is 0 Å². The summed E-state index contributed by atoms with van der Waals surface area (Å²) in [5.41, 5.74) is 10.8. The highest BCUT2D eigenvalue weighted by Crippen LogP contribution is 2.36. The van der Waals surface area contributed by atoms with Gasteiger partial charge in [-0.15, -0.1) is 0 Å². The van der Waals surface area contributed by atoms with Crippen molar-refractivity contribution in [2.75, 3.05) is 25.0 Å². The number of carbonyl (C=O) groups is 7. The summed E-state index contributed by atoms with van der Waals surface area (Å²) in [7, 11) is 0. The predicted molar refractivity (Wildman–Crippen MR) is 257 cm³/mol. The van der Waals surface area contributed by atoms with Crippen molar-refractivity contribution < 1.29 is 38.3 Å². The number of nitrogens with zero attached hydrogens (tertiary/aromatic N) is 7. The minimum absolute atomic E-state index is 0.0394. The number of likely N-dealkylation sites (tertiary alicyclic amines) is 1. The number of imide groups is 1. The number of nitrogens with one attached hydrogen (secondary N) is 5. The van der Waals surface area contributed by atoms with Gasteiger partial charge in [-0.1, -0.05) is 38.5 Å². The smallest absolute Gasteiger partial charge is 0.410 e. The quantitative estimate of drug-likeness (QED) is 0.0425. The Hall–Kier alpha value is -7.97. The fraction of sp³-hybridized carbons (Fsp3) is 0.408. The topological polar surface area (TPSA) is 281 Å². The van der Waals surface area contributed by atoms with Crippen LogP contribution in [0.25, 0.3) is 28.3 Å². The maximum atomic E-state index is 13.8. The SMILES string of the molecule is Cc1cccc(-c2[nH]c(C3CCCCN3C(=O)OCc3ccc(NC(=O)C(CCCNC(N)=O)NC(=O)C(NC(=O)CCCCCN4C(=O)C=CC4=O)C(C)C)cc3)nc2-c2ccc3ncnn3c2)n1. The highest BCUT2D eigenvalue weighted by molar-refractivity contribution is 6.12. The molecule has 21 heteroatoms. The van der Waals surface area contributed by atoms with Crippen molar-refractivity contribution in [3.8, 4) is 22.6 Å². The molecule has 3 atom stereocenters. The Labute approximate surface area is 404 Å². The first-order chi connectivity index (χ1) is 33.7. The number of piperidine rings is 1. The number of rotatable bonds is 21. The van der Waals surface area contributed by atoms with E-state index in [1.165, 1.54) is 18.5 Å². The first-order valence-electron chi connectivity index (χ1n) is 23.6. The van der Waals surface area contributed by atoms with Crippen LogP contribution in [0.15, 0.2) is 79.3 Å². The van der Waals surface area contributed by atoms with Crippen LogP contribution in [0.2, 0.25) is 0 Å². The Morgan fingerprint density at radius 3 is 2.43 bits per heavy atom. The van der Waals surface area contributed by atoms with Crippen molar-refractivity contribution in [2.24, 2.45) is 11.7 Å². The molecule has 2 aliphatic rings. The molecule has 3 unspecified atom stereocenters. The monoisotopic (exact) mass is 957 g/mol. The fourth-order valence-electron chi connectivity index (χ4n) is 8.37. The van der Waals surface area contributed by atoms with E-state index in [1.54, 1.807) is 47.5 Å². The molecule has 2 aliphatic heterocycles. The molecular weight excluding hydrogens is 899 g/mol. The first kappa shape index (κ1) is 49.9. The number of pyridine rings is 2. The summed E-state index contributed by atoms with van der Waals surface area (Å²) < 4.78 is 7.55. The molecule has 0 aliphatic carbocycles. The van der Waals surface area contributed by atoms with Crippen LogP contribution in [0, 0.1) is 12.8 Å². The minimum atomic E-state index is -1.05. The Morgan fingerprint density at radius 1 is 0.900 bits per heavy atom. The van der Waals surface area contributed by atoms with Gasteiger partial charge in [0.2, 0.25) is 17.7 Å². The number of anilines is 1. The van der Waals surface area contributed by atoms with Gasteiger partial charge in [-0.05, 0) is 99.7 Å². The molecule has 1 aromatic carbocycles. The second kappa shape index (κ2) is 23.4. The van der Waals surface area contributed by atoms with Crippen LogP contribution in [0.3, 0.4) is 0 Å². The Morgan fingerprint density at radius 2 is 1.69 bits per heavy atom. The van der Waals surface area contributed by atoms with Gasteiger partial charge in [-0.2, -0.15) is 5.10 Å². The number of carbonyl (C=O) groups excluding carboxylic acids is 7. The molecule has 368 valence electrons. The molecular formula is C49H59N13O8. The van der Waals surface area contributed by atoms with Gasteiger partial charge in [0.25, 0.3) is 11.8 Å². The summed E-state index contributed by atoms with van der Waals surface area (Å²) in [5.74, 6) is -1.86. The molecule has 7 rings (SSSR count). The van der Waals surface area contributed by atoms with E-state index in [-0.39, 0.29) is 62.2 Å². The number of primary amides is 1. The Kier molecular flexibility index (Phi) is 16.7. The average molecular weight is 958 g/mol. The second-order valence-corrected chi connectivity index (χ2v) is 17.7. The number of ether oxygens (including phenoxy) is 1. The lowest BCUT2D eigenvalue weighted by molar-refractivity contribution is -0.137. The zero-order chi connectivity index (χ0) is 49.7. The third-order valence-corrected chi connectivity index (χ3v) is 12.1. The van der Waals surface area contributed by atoms with Crippen LogP contribution in [0.5, 0.6) is 0 Å². The van der Waals surface area contributed by atoms with Gasteiger partial charge in [-0.25, -0.2) is 24.1 Å². The fourth-order valence-corrected chi connectivity index (χ4v) is 8.37. The number of imidazole rings is 1. The second-order valence-electron chi connectivity index (χ2n) is 17.7. The molecule has 21 nitrogen and oxygen atoms in total. The van der Waals surface area contributed by atoms with Gasteiger partial charge in [0.05, 0.1) is 23.1 Å². The van der Waals surface area contributed by atoms with Crippen LogP contribution in [-0.4, -0.2) is 113 Å². The summed E-state index contributed by atoms with van der Waals surface area (Å²) in [6.45, 7) is 6.33. The highest BCUT2D eigenvalue weighted by atomic mass is 16.6. The zero-order valence-electron chi connectivity index (χ0n) is 39.5. The van der Waals surface area contributed by atoms with Crippen LogP contribution in [-0.2, 0) is 35.3 Å². The number of aryl methyl sites for hydroxylation is 1. The van der Waals surface area contributed by atoms with Crippen LogP contribution < -0.4 is 27.0 Å². The largest absolute Gasteiger partial charge is 0.445 e. The molecule has 7 N–H and O–H groups in total. The third-order valence-electron chi connectivity index (χ3n) is 12.1. The van der Waals surface area contributed by atoms with Crippen molar-refractivity contribution >= 4 is 53.0 Å². The normalized spacial score (nSPS) is 15.5. The number of benzene rings is 1. The lowest BCUT2D eigenvalue weighted by Crippen LogP contribution is -2.54. The average Bonchev–Trinajstić information content (AvgIpc) is 4.09. The molecule has 0 saturated carbocycles. The van der Waals surface area contributed by atoms with Gasteiger partial charge in [0.1, 0.15) is 30.8 Å². The number of fused-ring (bicyclic) bond motifs is 1. The molecule has 0 bridgehead atoms. The standard InChI is InChI=1S/C49H59N13O8/c1-30(2)42(57-39(63)15-5-4-7-26-61-40(64)22-23-41(61)65)47(67)56-36(13-10-24-51-48(50)68)46(66)55-34-19-16-32(17-20-34)28-70-49(69)60-25-8-6-14-37(60)45-58-43(33-18-21-38-52-29-53-62(38)27-33)44(59-45)35-12-9-11-31(3)54-35/h9,11-12,16-23,27,29-30,36-37,42H,4-8,10,13-15,24-26,28H2,1-3H3,(H,55,66)(H,56,67)(H,57,63)(H,58,59)(H3,50,51,68). The van der Waals surface area contributed by atoms with Crippen molar-refractivity contribution in [3.05, 3.63) is 96.4 Å². The lowest BCUT2D eigenvalue weighted by Gasteiger charge is -2.33. The maximum Gasteiger partial charge on any atom is 0.410 e. The molecule has 70 heavy (non-hydrogen) atoms. The van der Waals surface area contributed by atoms with Gasteiger partial charge >= 0.3 is 12.1 Å². The van der Waals surface area contributed by atoms with Crippen LogP contribution in [0.1, 0.15) is 94.8 Å². The van der Waals surface area contributed by atoms with Gasteiger partial charge in [0, 0.05) is 61.3 Å². The number of urea groups is 1. The number of aromatic nitrogens is 6. The molecule has 8 amide bonds. The van der Waals surface area contributed by atoms with E-state index in [0.29, 0.717) is 78.5 Å². The van der Waals surface area contributed by atoms with Crippen molar-refractivity contribution in [1.29, 1.82) is 0 Å². The third kappa shape index (κ3) is 13.0. The van der Waals surface area contributed by atoms with Crippen molar-refractivity contribution in [2.45, 2.75) is 103 Å². The molecule has 5 aromatic rings. The number of amides is 8. The minimum Gasteiger partial charge on any atom is -0.445 e. The number of unbranched alkanes of at least 4 members (excludes halogenated alkanes) is 2. The van der Waals surface area contributed by atoms with E-state index in [2.05, 4.69) is 36.3 Å². The number of nitrogens with two attached hydrogens (primary N) is 1. The summed E-state index contributed by atoms with van der Waals surface area (Å²) in [5, 5.41) is 15.2. The summed E-state index contributed by atoms with van der Waals surface area (Å²) in [6.07, 6.45) is 9.84. The predicted octanol–water partition coefficient (Wildman–Crippen LogP) is 4.85. The van der Waals surface area contributed by atoms with E-state index in [1.807, 2.05) is 43.5 Å². The number of hydrogen-bond acceptors (Lipinski definition) is 12. The highest BCUT2D eigenvalue weighted by Gasteiger charge is 2.33. The number of H-pyrrole nitrogens is 1. The van der Waals surface area contributed by atoms with Crippen LogP contribution in [0.4, 0.5) is 15.3 Å². The molecule has 1 fully saturated rings. The summed E-state index contributed by atoms with van der Waals surface area (Å²) in [6, 6.07) is 13.2. The molecule has 0 spiro atoms. The lowest BCUT2D eigenvalue weighted by atomic mass is 10.0. The molecule has 0 radical (unpaired) electrons. The number of hydrogen-bond donors (Lipinski definition) is 6. The van der Waals surface area contributed by atoms with Crippen LogP contribution >= 0.6 is 0 Å². The van der Waals surface area contributed by atoms with E-state index >= 15 is 0 Å². The van der Waals surface area contributed by atoms with E-state index in [9.17, 15) is 33.6 Å². The first-order valence-corrected chi connectivity index (χ1v) is 23.6. The van der Waals surface area contributed by atoms with E-state index in [4.69, 9.17) is 20.4 Å². The molecule has 6 heterocycles. The van der Waals surface area contributed by atoms with Gasteiger partial charge in [-0.3, -0.25) is 38.8 Å². The molecule has 1 saturated heterocycles. The van der Waals surface area contributed by atoms with E-state index in [0.717, 1.165) is 29.0 Å². The van der Waals surface area contributed by atoms with Gasteiger partial charge < -0.3 is 36.7 Å². The van der Waals surface area contributed by atoms with E-state index < -0.39 is 36.0 Å². The maximum absolute atomic E-state index is 13.8. The van der Waals surface area contributed by atoms with Crippen molar-refractivity contribution in [1.82, 2.24) is 55.3 Å². The number of aromatic amines is 1. The summed E-state index contributed by atoms with van der Waals surface area (Å²) in [4.78, 5) is 109. The Bertz CT molecular complexity index is 2710. The van der Waals surface area contributed by atoms with Gasteiger partial charge in [0.15, 0.2) is 5.65 Å². The molecule has 4 aromatic heterocycles.